The van der Waals surface area contributed by atoms with Crippen LogP contribution in [0, 0.1) is 6.92 Å². The molecule has 2 aromatic heterocycles. The van der Waals surface area contributed by atoms with Gasteiger partial charge in [-0.25, -0.2) is 4.98 Å². The van der Waals surface area contributed by atoms with Gasteiger partial charge in [-0.05, 0) is 48.9 Å². The minimum atomic E-state index is -0.232. The van der Waals surface area contributed by atoms with Crippen LogP contribution in [0.1, 0.15) is 15.9 Å². The first-order valence-electron chi connectivity index (χ1n) is 8.49. The van der Waals surface area contributed by atoms with E-state index in [1.165, 1.54) is 0 Å². The lowest BCUT2D eigenvalue weighted by Crippen LogP contribution is -2.13. The first-order valence-corrected chi connectivity index (χ1v) is 8.87. The van der Waals surface area contributed by atoms with Gasteiger partial charge in [-0.15, -0.1) is 0 Å². The molecule has 4 aromatic rings. The Balaban J connectivity index is 1.81. The third-order valence-corrected chi connectivity index (χ3v) is 4.60. The van der Waals surface area contributed by atoms with E-state index in [1.54, 1.807) is 24.5 Å². The van der Waals surface area contributed by atoms with E-state index < -0.39 is 0 Å². The second kappa shape index (κ2) is 7.17. The molecule has 0 unspecified atom stereocenters. The number of fused-ring (bicyclic) bond motifs is 1. The Hall–Kier alpha value is -3.24. The fraction of sp³-hybridized carbons (Fsp3) is 0.0455. The number of hydrogen-bond acceptors (Lipinski definition) is 3. The Morgan fingerprint density at radius 1 is 1.04 bits per heavy atom. The molecule has 0 bridgehead atoms. The van der Waals surface area contributed by atoms with Gasteiger partial charge in [0.2, 0.25) is 0 Å². The van der Waals surface area contributed by atoms with Crippen LogP contribution in [0.4, 0.5) is 5.69 Å². The molecule has 132 valence electrons. The average molecular weight is 374 g/mol. The summed E-state index contributed by atoms with van der Waals surface area (Å²) in [6, 6.07) is 18.7. The maximum absolute atomic E-state index is 13.0. The highest BCUT2D eigenvalue weighted by Crippen LogP contribution is 2.27. The van der Waals surface area contributed by atoms with Crippen molar-refractivity contribution in [3.8, 4) is 11.3 Å². The van der Waals surface area contributed by atoms with Gasteiger partial charge in [0.15, 0.2) is 0 Å². The molecular weight excluding hydrogens is 358 g/mol. The van der Waals surface area contributed by atoms with Crippen molar-refractivity contribution in [2.75, 3.05) is 5.32 Å². The highest BCUT2D eigenvalue weighted by molar-refractivity contribution is 6.34. The highest BCUT2D eigenvalue weighted by Gasteiger charge is 2.15. The minimum absolute atomic E-state index is 0.232. The smallest absolute Gasteiger partial charge is 0.256 e. The lowest BCUT2D eigenvalue weighted by atomic mass is 10.0. The second-order valence-corrected chi connectivity index (χ2v) is 6.66. The number of para-hydroxylation sites is 1. The molecule has 2 heterocycles. The van der Waals surface area contributed by atoms with Gasteiger partial charge >= 0.3 is 0 Å². The predicted molar refractivity (Wildman–Crippen MR) is 109 cm³/mol. The van der Waals surface area contributed by atoms with Gasteiger partial charge in [0.1, 0.15) is 0 Å². The molecule has 1 amide bonds. The Morgan fingerprint density at radius 3 is 2.67 bits per heavy atom. The summed E-state index contributed by atoms with van der Waals surface area (Å²) in [6.07, 6.45) is 3.44. The Morgan fingerprint density at radius 2 is 1.89 bits per heavy atom. The largest absolute Gasteiger partial charge is 0.321 e. The van der Waals surface area contributed by atoms with Gasteiger partial charge in [0.25, 0.3) is 5.91 Å². The van der Waals surface area contributed by atoms with Crippen LogP contribution in [0.2, 0.25) is 5.02 Å². The van der Waals surface area contributed by atoms with E-state index in [0.717, 1.165) is 22.0 Å². The molecule has 0 aliphatic heterocycles. The number of nitrogens with zero attached hydrogens (tertiary/aromatic N) is 2. The molecule has 1 N–H and O–H groups in total. The zero-order chi connectivity index (χ0) is 18.8. The molecule has 5 heteroatoms. The van der Waals surface area contributed by atoms with Crippen LogP contribution in [-0.4, -0.2) is 15.9 Å². The van der Waals surface area contributed by atoms with E-state index >= 15 is 0 Å². The fourth-order valence-corrected chi connectivity index (χ4v) is 3.22. The maximum atomic E-state index is 13.0. The number of aromatic nitrogens is 2. The van der Waals surface area contributed by atoms with Crippen molar-refractivity contribution in [2.45, 2.75) is 6.92 Å². The fourth-order valence-electron chi connectivity index (χ4n) is 2.94. The normalized spacial score (nSPS) is 10.7. The molecule has 0 fully saturated rings. The summed E-state index contributed by atoms with van der Waals surface area (Å²) < 4.78 is 0. The number of aryl methyl sites for hydroxylation is 1. The summed E-state index contributed by atoms with van der Waals surface area (Å²) in [5.74, 6) is -0.232. The van der Waals surface area contributed by atoms with Crippen LogP contribution in [-0.2, 0) is 0 Å². The van der Waals surface area contributed by atoms with Crippen LogP contribution >= 0.6 is 11.6 Å². The van der Waals surface area contributed by atoms with Crippen molar-refractivity contribution >= 4 is 34.1 Å². The maximum Gasteiger partial charge on any atom is 0.256 e. The summed E-state index contributed by atoms with van der Waals surface area (Å²) in [5.41, 5.74) is 4.45. The molecule has 0 aliphatic carbocycles. The molecule has 0 saturated heterocycles. The predicted octanol–water partition coefficient (Wildman–Crippen LogP) is 5.51. The minimum Gasteiger partial charge on any atom is -0.321 e. The lowest BCUT2D eigenvalue weighted by molar-refractivity contribution is 0.102. The van der Waals surface area contributed by atoms with Gasteiger partial charge in [0, 0.05) is 23.3 Å². The summed E-state index contributed by atoms with van der Waals surface area (Å²) in [4.78, 5) is 21.9. The van der Waals surface area contributed by atoms with Gasteiger partial charge in [-0.1, -0.05) is 35.9 Å². The van der Waals surface area contributed by atoms with Crippen molar-refractivity contribution in [1.29, 1.82) is 0 Å². The Labute approximate surface area is 161 Å². The van der Waals surface area contributed by atoms with E-state index in [-0.39, 0.29) is 5.91 Å². The summed E-state index contributed by atoms with van der Waals surface area (Å²) in [6.45, 7) is 1.95. The summed E-state index contributed by atoms with van der Waals surface area (Å²) in [7, 11) is 0. The Kier molecular flexibility index (Phi) is 4.57. The van der Waals surface area contributed by atoms with Crippen molar-refractivity contribution in [3.05, 3.63) is 89.2 Å². The SMILES string of the molecule is Cc1ccc(NC(=O)c2cc(-c3cccnc3)nc3ccccc23)c(Cl)c1. The zero-order valence-electron chi connectivity index (χ0n) is 14.6. The van der Waals surface area contributed by atoms with Gasteiger partial charge in [-0.3, -0.25) is 9.78 Å². The number of rotatable bonds is 3. The van der Waals surface area contributed by atoms with E-state index in [0.29, 0.717) is 22.0 Å². The molecule has 0 atom stereocenters. The van der Waals surface area contributed by atoms with Crippen LogP contribution in [0.3, 0.4) is 0 Å². The third kappa shape index (κ3) is 3.52. The third-order valence-electron chi connectivity index (χ3n) is 4.29. The molecule has 0 radical (unpaired) electrons. The molecule has 0 aliphatic rings. The number of carbonyl (C=O) groups is 1. The zero-order valence-corrected chi connectivity index (χ0v) is 15.4. The quantitative estimate of drug-likeness (QED) is 0.515. The number of anilines is 1. The topological polar surface area (TPSA) is 54.9 Å². The number of hydrogen-bond donors (Lipinski definition) is 1. The number of halogens is 1. The summed E-state index contributed by atoms with van der Waals surface area (Å²) >= 11 is 6.27. The molecular formula is C22H16ClN3O. The highest BCUT2D eigenvalue weighted by atomic mass is 35.5. The number of amides is 1. The standard InChI is InChI=1S/C22H16ClN3O/c1-14-8-9-20(18(23)11-14)26-22(27)17-12-21(15-5-4-10-24-13-15)25-19-7-3-2-6-16(17)19/h2-13H,1H3,(H,26,27). The molecule has 2 aromatic carbocycles. The van der Waals surface area contributed by atoms with Crippen LogP contribution in [0.15, 0.2) is 73.1 Å². The van der Waals surface area contributed by atoms with Crippen molar-refractivity contribution in [1.82, 2.24) is 9.97 Å². The van der Waals surface area contributed by atoms with E-state index in [2.05, 4.69) is 15.3 Å². The van der Waals surface area contributed by atoms with E-state index in [4.69, 9.17) is 11.6 Å². The number of benzene rings is 2. The van der Waals surface area contributed by atoms with Crippen LogP contribution < -0.4 is 5.32 Å². The van der Waals surface area contributed by atoms with Gasteiger partial charge < -0.3 is 5.32 Å². The lowest BCUT2D eigenvalue weighted by Gasteiger charge is -2.12. The Bertz CT molecular complexity index is 1140. The average Bonchev–Trinajstić information content (AvgIpc) is 2.70. The molecule has 4 nitrogen and oxygen atoms in total. The first-order chi connectivity index (χ1) is 13.1. The van der Waals surface area contributed by atoms with Gasteiger partial charge in [-0.2, -0.15) is 0 Å². The molecule has 27 heavy (non-hydrogen) atoms. The van der Waals surface area contributed by atoms with Crippen molar-refractivity contribution < 1.29 is 4.79 Å². The monoisotopic (exact) mass is 373 g/mol. The van der Waals surface area contributed by atoms with E-state index in [1.807, 2.05) is 55.5 Å². The van der Waals surface area contributed by atoms with Crippen LogP contribution in [0.25, 0.3) is 22.2 Å². The van der Waals surface area contributed by atoms with Gasteiger partial charge in [0.05, 0.1) is 27.5 Å². The number of nitrogens with one attached hydrogen (secondary N) is 1. The van der Waals surface area contributed by atoms with E-state index in [9.17, 15) is 4.79 Å². The van der Waals surface area contributed by atoms with Crippen molar-refractivity contribution in [3.63, 3.8) is 0 Å². The van der Waals surface area contributed by atoms with Crippen molar-refractivity contribution in [2.24, 2.45) is 0 Å². The molecule has 4 rings (SSSR count). The number of carbonyl (C=O) groups excluding carboxylic acids is 1. The first kappa shape index (κ1) is 17.2. The van der Waals surface area contributed by atoms with Crippen LogP contribution in [0.5, 0.6) is 0 Å². The number of pyridine rings is 2. The molecule has 0 saturated carbocycles. The molecule has 0 spiro atoms. The summed E-state index contributed by atoms with van der Waals surface area (Å²) in [5, 5.41) is 4.20. The second-order valence-electron chi connectivity index (χ2n) is 6.25.